The van der Waals surface area contributed by atoms with Crippen LogP contribution in [0.5, 0.6) is 5.75 Å². The number of carbonyl (C=O) groups excluding carboxylic acids is 1. The molecule has 7 N–H and O–H groups in total. The number of aliphatic hydroxyl groups is 4. The molecule has 7 atom stereocenters. The number of aliphatic carboxylic acids is 2. The van der Waals surface area contributed by atoms with Gasteiger partial charge in [0.25, 0.3) is 0 Å². The number of phenols is 1. The molecule has 0 aromatic heterocycles. The summed E-state index contributed by atoms with van der Waals surface area (Å²) in [5.74, 6) is -4.91. The topological polar surface area (TPSA) is 230 Å². The average molecular weight is 552 g/mol. The van der Waals surface area contributed by atoms with Gasteiger partial charge in [-0.1, -0.05) is 12.1 Å². The lowest BCUT2D eigenvalue weighted by Gasteiger charge is -2.41. The van der Waals surface area contributed by atoms with Gasteiger partial charge in [0, 0.05) is 17.6 Å². The second-order valence-electron chi connectivity index (χ2n) is 8.59. The molecule has 39 heavy (non-hydrogen) atoms. The zero-order valence-corrected chi connectivity index (χ0v) is 20.3. The van der Waals surface area contributed by atoms with Gasteiger partial charge in [-0.2, -0.15) is 0 Å². The van der Waals surface area contributed by atoms with E-state index in [1.807, 2.05) is 0 Å². The number of carboxylic acids is 2. The largest absolute Gasteiger partial charge is 0.508 e. The summed E-state index contributed by atoms with van der Waals surface area (Å²) in [4.78, 5) is 35.4. The molecule has 3 rings (SSSR count). The minimum atomic E-state index is -1.82. The Hall–Kier alpha value is -3.79. The molecule has 0 saturated carbocycles. The smallest absolute Gasteiger partial charge is 0.335 e. The van der Waals surface area contributed by atoms with Crippen molar-refractivity contribution in [2.75, 3.05) is 13.2 Å². The molecule has 1 saturated heterocycles. The summed E-state index contributed by atoms with van der Waals surface area (Å²) < 4.78 is 21.3. The third-order valence-electron chi connectivity index (χ3n) is 5.95. The molecule has 2 heterocycles. The summed E-state index contributed by atoms with van der Waals surface area (Å²) in [7, 11) is 0. The van der Waals surface area contributed by atoms with Crippen LogP contribution in [-0.4, -0.2) is 104 Å². The quantitative estimate of drug-likeness (QED) is 0.106. The van der Waals surface area contributed by atoms with Crippen molar-refractivity contribution in [3.63, 3.8) is 0 Å². The van der Waals surface area contributed by atoms with Crippen LogP contribution in [0, 0.1) is 5.92 Å². The standard InChI is InChI=1S/C25H28O14/c26-10-17-20(31)21(32)22(33)25(38-17)39-24-14(15(9-18(28)29)16(11-37-24)23(34)35)7-8-36-19(30)6-3-12-1-4-13(27)5-2-12/h1-7,11,15,17,20-22,24-27,31-33H,8-10H2,(H,28,29)(H,34,35)/b6-3+,14-7-/t15-,17-,20+,21+,22+,24-,25+/m0/s1. The Balaban J connectivity index is 1.81. The summed E-state index contributed by atoms with van der Waals surface area (Å²) in [6.45, 7) is -1.20. The molecule has 0 amide bonds. The van der Waals surface area contributed by atoms with E-state index in [9.17, 15) is 50.1 Å². The van der Waals surface area contributed by atoms with Crippen LogP contribution in [0.1, 0.15) is 12.0 Å². The lowest BCUT2D eigenvalue weighted by atomic mass is 9.86. The number of hydrogen-bond acceptors (Lipinski definition) is 12. The lowest BCUT2D eigenvalue weighted by Crippen LogP contribution is -2.60. The van der Waals surface area contributed by atoms with E-state index in [1.54, 1.807) is 12.1 Å². The molecule has 0 unspecified atom stereocenters. The molecule has 14 nitrogen and oxygen atoms in total. The molecule has 0 spiro atoms. The Morgan fingerprint density at radius 1 is 1.00 bits per heavy atom. The summed E-state index contributed by atoms with van der Waals surface area (Å²) in [6, 6.07) is 5.95. The van der Waals surface area contributed by atoms with E-state index in [2.05, 4.69) is 0 Å². The van der Waals surface area contributed by atoms with Crippen LogP contribution in [0.4, 0.5) is 0 Å². The predicted molar refractivity (Wildman–Crippen MR) is 127 cm³/mol. The minimum absolute atomic E-state index is 0.0437. The van der Waals surface area contributed by atoms with Crippen molar-refractivity contribution in [1.82, 2.24) is 0 Å². The van der Waals surface area contributed by atoms with E-state index in [0.29, 0.717) is 5.56 Å². The first-order chi connectivity index (χ1) is 18.5. The van der Waals surface area contributed by atoms with Crippen LogP contribution in [0.2, 0.25) is 0 Å². The van der Waals surface area contributed by atoms with Crippen LogP contribution < -0.4 is 0 Å². The molecule has 0 bridgehead atoms. The number of aromatic hydroxyl groups is 1. The molecule has 2 aliphatic heterocycles. The van der Waals surface area contributed by atoms with Crippen molar-refractivity contribution in [2.45, 2.75) is 43.4 Å². The second kappa shape index (κ2) is 13.3. The fourth-order valence-corrected chi connectivity index (χ4v) is 3.91. The zero-order valence-electron chi connectivity index (χ0n) is 20.3. The van der Waals surface area contributed by atoms with Crippen LogP contribution in [-0.2, 0) is 33.3 Å². The summed E-state index contributed by atoms with van der Waals surface area (Å²) >= 11 is 0. The monoisotopic (exact) mass is 552 g/mol. The van der Waals surface area contributed by atoms with E-state index in [-0.39, 0.29) is 11.3 Å². The minimum Gasteiger partial charge on any atom is -0.508 e. The normalized spacial score (nSPS) is 30.0. The van der Waals surface area contributed by atoms with Gasteiger partial charge >= 0.3 is 17.9 Å². The Kier molecular flexibility index (Phi) is 10.2. The van der Waals surface area contributed by atoms with Crippen LogP contribution in [0.25, 0.3) is 6.08 Å². The molecule has 1 fully saturated rings. The SMILES string of the molecule is O=C(O)C[C@@H]1C(C(=O)O)=CO[C@@H](O[C@H]2O[C@@H](CO)[C@@H](O)[C@@H](O)[C@H]2O)/C1=C\COC(=O)/C=C/c1ccc(O)cc1. The van der Waals surface area contributed by atoms with Gasteiger partial charge in [0.2, 0.25) is 6.29 Å². The number of rotatable bonds is 10. The third kappa shape index (κ3) is 7.63. The fourth-order valence-electron chi connectivity index (χ4n) is 3.91. The van der Waals surface area contributed by atoms with Crippen molar-refractivity contribution in [3.8, 4) is 5.75 Å². The van der Waals surface area contributed by atoms with E-state index in [1.165, 1.54) is 24.3 Å². The van der Waals surface area contributed by atoms with Gasteiger partial charge in [0.05, 0.1) is 24.9 Å². The van der Waals surface area contributed by atoms with Gasteiger partial charge in [-0.25, -0.2) is 9.59 Å². The number of aliphatic hydroxyl groups excluding tert-OH is 4. The molecular formula is C25H28O14. The first kappa shape index (κ1) is 29.8. The van der Waals surface area contributed by atoms with Gasteiger partial charge < -0.3 is 54.7 Å². The van der Waals surface area contributed by atoms with Crippen molar-refractivity contribution < 1.29 is 69.1 Å². The summed E-state index contributed by atoms with van der Waals surface area (Å²) in [5, 5.41) is 67.9. The molecule has 2 aliphatic rings. The molecule has 0 aliphatic carbocycles. The number of carbonyl (C=O) groups is 3. The highest BCUT2D eigenvalue weighted by molar-refractivity contribution is 5.89. The van der Waals surface area contributed by atoms with Gasteiger partial charge in [-0.3, -0.25) is 4.79 Å². The van der Waals surface area contributed by atoms with Crippen molar-refractivity contribution in [2.24, 2.45) is 5.92 Å². The first-order valence-electron chi connectivity index (χ1n) is 11.6. The number of ether oxygens (including phenoxy) is 4. The summed E-state index contributed by atoms with van der Waals surface area (Å²) in [5.41, 5.74) is 0.0648. The maximum Gasteiger partial charge on any atom is 0.335 e. The Morgan fingerprint density at radius 2 is 1.69 bits per heavy atom. The number of benzene rings is 1. The number of hydrogen-bond donors (Lipinski definition) is 7. The number of phenolic OH excluding ortho intramolecular Hbond substituents is 1. The van der Waals surface area contributed by atoms with Gasteiger partial charge in [-0.05, 0) is 29.8 Å². The molecule has 0 radical (unpaired) electrons. The van der Waals surface area contributed by atoms with Gasteiger partial charge in [-0.15, -0.1) is 0 Å². The molecule has 14 heteroatoms. The number of esters is 1. The number of carboxylic acid groups (broad SMARTS) is 2. The highest BCUT2D eigenvalue weighted by atomic mass is 16.8. The molecule has 1 aromatic rings. The molecular weight excluding hydrogens is 524 g/mol. The van der Waals surface area contributed by atoms with Crippen molar-refractivity contribution in [1.29, 1.82) is 0 Å². The highest BCUT2D eigenvalue weighted by Gasteiger charge is 2.46. The van der Waals surface area contributed by atoms with E-state index in [4.69, 9.17) is 18.9 Å². The Bertz CT molecular complexity index is 1120. The summed E-state index contributed by atoms with van der Waals surface area (Å²) in [6.07, 6.45) is -6.07. The Labute approximate surface area is 221 Å². The van der Waals surface area contributed by atoms with Gasteiger partial charge in [0.1, 0.15) is 36.8 Å². The van der Waals surface area contributed by atoms with Crippen molar-refractivity contribution >= 4 is 24.0 Å². The molecule has 212 valence electrons. The van der Waals surface area contributed by atoms with Crippen LogP contribution in [0.15, 0.2) is 53.8 Å². The van der Waals surface area contributed by atoms with Crippen LogP contribution >= 0.6 is 0 Å². The van der Waals surface area contributed by atoms with E-state index in [0.717, 1.165) is 12.3 Å². The van der Waals surface area contributed by atoms with Crippen LogP contribution in [0.3, 0.4) is 0 Å². The second-order valence-corrected chi connectivity index (χ2v) is 8.59. The van der Waals surface area contributed by atoms with E-state index < -0.39 is 86.0 Å². The lowest BCUT2D eigenvalue weighted by molar-refractivity contribution is -0.327. The van der Waals surface area contributed by atoms with Crippen molar-refractivity contribution in [3.05, 3.63) is 59.4 Å². The maximum absolute atomic E-state index is 12.2. The molecule has 1 aromatic carbocycles. The predicted octanol–water partition coefficient (Wildman–Crippen LogP) is -0.893. The zero-order chi connectivity index (χ0) is 28.7. The van der Waals surface area contributed by atoms with Gasteiger partial charge in [0.15, 0.2) is 6.29 Å². The highest BCUT2D eigenvalue weighted by Crippen LogP contribution is 2.35. The fraction of sp³-hybridized carbons (Fsp3) is 0.400. The Morgan fingerprint density at radius 3 is 2.31 bits per heavy atom. The first-order valence-corrected chi connectivity index (χ1v) is 11.6. The average Bonchev–Trinajstić information content (AvgIpc) is 2.89. The maximum atomic E-state index is 12.2. The van der Waals surface area contributed by atoms with E-state index >= 15 is 0 Å². The third-order valence-corrected chi connectivity index (χ3v) is 5.95.